The van der Waals surface area contributed by atoms with Gasteiger partial charge in [-0.05, 0) is 29.1 Å². The smallest absolute Gasteiger partial charge is 0.225 e. The maximum absolute atomic E-state index is 11.9. The van der Waals surface area contributed by atoms with Gasteiger partial charge < -0.3 is 10.4 Å². The second-order valence-corrected chi connectivity index (χ2v) is 7.38. The van der Waals surface area contributed by atoms with E-state index >= 15 is 0 Å². The molecule has 0 spiro atoms. The van der Waals surface area contributed by atoms with Gasteiger partial charge in [-0.25, -0.2) is 0 Å². The van der Waals surface area contributed by atoms with Gasteiger partial charge in [-0.1, -0.05) is 36.4 Å². The number of amides is 1. The average Bonchev–Trinajstić information content (AvgIpc) is 3.25. The fraction of sp³-hybridized carbons (Fsp3) is 0.167. The van der Waals surface area contributed by atoms with E-state index in [1.807, 2.05) is 60.0 Å². The number of benzene rings is 1. The monoisotopic (exact) mass is 343 g/mol. The topological polar surface area (TPSA) is 49.3 Å². The van der Waals surface area contributed by atoms with Crippen LogP contribution in [-0.2, 0) is 17.8 Å². The molecule has 0 aliphatic carbocycles. The zero-order chi connectivity index (χ0) is 16.1. The van der Waals surface area contributed by atoms with E-state index < -0.39 is 6.10 Å². The molecule has 3 rings (SSSR count). The van der Waals surface area contributed by atoms with Crippen LogP contribution in [0.15, 0.2) is 60.0 Å². The van der Waals surface area contributed by atoms with Crippen molar-refractivity contribution in [3.05, 3.63) is 80.2 Å². The van der Waals surface area contributed by atoms with Crippen molar-refractivity contribution in [2.24, 2.45) is 0 Å². The third-order valence-electron chi connectivity index (χ3n) is 3.44. The standard InChI is InChI=1S/C18H17NO2S2/c20-17(11-14-7-4-10-22-14)19-12-15-8-9-16(23-15)18(21)13-5-2-1-3-6-13/h1-10,18,21H,11-12H2,(H,19,20)/t18-/m0/s1. The molecule has 1 aromatic carbocycles. The zero-order valence-electron chi connectivity index (χ0n) is 12.4. The highest BCUT2D eigenvalue weighted by atomic mass is 32.1. The Morgan fingerprint density at radius 1 is 1.04 bits per heavy atom. The molecule has 23 heavy (non-hydrogen) atoms. The van der Waals surface area contributed by atoms with Crippen molar-refractivity contribution < 1.29 is 9.90 Å². The van der Waals surface area contributed by atoms with Gasteiger partial charge in [0, 0.05) is 14.6 Å². The molecule has 2 aromatic heterocycles. The van der Waals surface area contributed by atoms with Crippen molar-refractivity contribution in [2.75, 3.05) is 0 Å². The Kier molecular flexibility index (Phi) is 5.23. The number of thiophene rings is 2. The second-order valence-electron chi connectivity index (χ2n) is 5.15. The Morgan fingerprint density at radius 2 is 1.87 bits per heavy atom. The molecule has 5 heteroatoms. The van der Waals surface area contributed by atoms with Crippen molar-refractivity contribution in [1.29, 1.82) is 0 Å². The normalized spacial score (nSPS) is 12.0. The first-order chi connectivity index (χ1) is 11.2. The number of rotatable bonds is 6. The molecule has 2 heterocycles. The highest BCUT2D eigenvalue weighted by Crippen LogP contribution is 2.28. The molecule has 3 nitrogen and oxygen atoms in total. The SMILES string of the molecule is O=C(Cc1cccs1)NCc1ccc([C@@H](O)c2ccccc2)s1. The van der Waals surface area contributed by atoms with E-state index in [0.29, 0.717) is 13.0 Å². The van der Waals surface area contributed by atoms with Gasteiger partial charge in [-0.15, -0.1) is 22.7 Å². The third kappa shape index (κ3) is 4.28. The summed E-state index contributed by atoms with van der Waals surface area (Å²) in [6, 6.07) is 17.4. The van der Waals surface area contributed by atoms with Gasteiger partial charge in [-0.2, -0.15) is 0 Å². The van der Waals surface area contributed by atoms with Crippen molar-refractivity contribution in [3.63, 3.8) is 0 Å². The number of carbonyl (C=O) groups excluding carboxylic acids is 1. The van der Waals surface area contributed by atoms with Gasteiger partial charge in [0.1, 0.15) is 6.10 Å². The van der Waals surface area contributed by atoms with Crippen LogP contribution in [0.3, 0.4) is 0 Å². The number of carbonyl (C=O) groups is 1. The summed E-state index contributed by atoms with van der Waals surface area (Å²) in [6.07, 6.45) is -0.195. The first-order valence-corrected chi connectivity index (χ1v) is 9.02. The molecule has 118 valence electrons. The Bertz CT molecular complexity index is 750. The maximum atomic E-state index is 11.9. The number of hydrogen-bond donors (Lipinski definition) is 2. The summed E-state index contributed by atoms with van der Waals surface area (Å²) < 4.78 is 0. The summed E-state index contributed by atoms with van der Waals surface area (Å²) in [4.78, 5) is 14.9. The van der Waals surface area contributed by atoms with Crippen LogP contribution in [0.2, 0.25) is 0 Å². The van der Waals surface area contributed by atoms with Gasteiger partial charge >= 0.3 is 0 Å². The van der Waals surface area contributed by atoms with Crippen LogP contribution >= 0.6 is 22.7 Å². The molecule has 0 aliphatic heterocycles. The van der Waals surface area contributed by atoms with Crippen LogP contribution in [0.25, 0.3) is 0 Å². The summed E-state index contributed by atoms with van der Waals surface area (Å²) in [5.41, 5.74) is 0.877. The Balaban J connectivity index is 1.56. The lowest BCUT2D eigenvalue weighted by atomic mass is 10.1. The number of nitrogens with one attached hydrogen (secondary N) is 1. The van der Waals surface area contributed by atoms with Gasteiger partial charge in [0.05, 0.1) is 13.0 Å². The summed E-state index contributed by atoms with van der Waals surface area (Å²) >= 11 is 3.11. The highest BCUT2D eigenvalue weighted by Gasteiger charge is 2.13. The molecule has 0 radical (unpaired) electrons. The van der Waals surface area contributed by atoms with Crippen LogP contribution < -0.4 is 5.32 Å². The first-order valence-electron chi connectivity index (χ1n) is 7.33. The molecule has 0 unspecified atom stereocenters. The van der Waals surface area contributed by atoms with Crippen LogP contribution in [0.4, 0.5) is 0 Å². The molecule has 1 atom stereocenters. The molecule has 0 saturated carbocycles. The predicted octanol–water partition coefficient (Wildman–Crippen LogP) is 3.75. The molecule has 0 fully saturated rings. The summed E-state index contributed by atoms with van der Waals surface area (Å²) in [7, 11) is 0. The minimum absolute atomic E-state index is 0.0195. The van der Waals surface area contributed by atoms with Crippen molar-refractivity contribution in [1.82, 2.24) is 5.32 Å². The predicted molar refractivity (Wildman–Crippen MR) is 94.7 cm³/mol. The van der Waals surface area contributed by atoms with Crippen molar-refractivity contribution >= 4 is 28.6 Å². The molecule has 3 aromatic rings. The van der Waals surface area contributed by atoms with E-state index in [-0.39, 0.29) is 5.91 Å². The highest BCUT2D eigenvalue weighted by molar-refractivity contribution is 7.12. The van der Waals surface area contributed by atoms with Gasteiger partial charge in [-0.3, -0.25) is 4.79 Å². The lowest BCUT2D eigenvalue weighted by Gasteiger charge is -2.08. The summed E-state index contributed by atoms with van der Waals surface area (Å²) in [6.45, 7) is 0.496. The Morgan fingerprint density at radius 3 is 2.61 bits per heavy atom. The fourth-order valence-corrected chi connectivity index (χ4v) is 3.93. The molecule has 2 N–H and O–H groups in total. The molecule has 0 saturated heterocycles. The number of aliphatic hydroxyl groups is 1. The fourth-order valence-electron chi connectivity index (χ4n) is 2.26. The second kappa shape index (κ2) is 7.55. The van der Waals surface area contributed by atoms with Crippen molar-refractivity contribution in [3.8, 4) is 0 Å². The first kappa shape index (κ1) is 15.9. The summed E-state index contributed by atoms with van der Waals surface area (Å²) in [5.74, 6) is 0.0195. The van der Waals surface area contributed by atoms with E-state index in [0.717, 1.165) is 20.2 Å². The van der Waals surface area contributed by atoms with Crippen LogP contribution in [0.1, 0.15) is 26.3 Å². The molecule has 1 amide bonds. The van der Waals surface area contributed by atoms with E-state index in [9.17, 15) is 9.90 Å². The molecule has 0 bridgehead atoms. The quantitative estimate of drug-likeness (QED) is 0.716. The molecular weight excluding hydrogens is 326 g/mol. The van der Waals surface area contributed by atoms with Crippen LogP contribution in [-0.4, -0.2) is 11.0 Å². The largest absolute Gasteiger partial charge is 0.383 e. The van der Waals surface area contributed by atoms with E-state index in [4.69, 9.17) is 0 Å². The Hall–Kier alpha value is -1.95. The van der Waals surface area contributed by atoms with Gasteiger partial charge in [0.25, 0.3) is 0 Å². The van der Waals surface area contributed by atoms with E-state index in [1.54, 1.807) is 11.3 Å². The van der Waals surface area contributed by atoms with Crippen molar-refractivity contribution in [2.45, 2.75) is 19.1 Å². The minimum atomic E-state index is -0.614. The lowest BCUT2D eigenvalue weighted by molar-refractivity contribution is -0.120. The van der Waals surface area contributed by atoms with Gasteiger partial charge in [0.2, 0.25) is 5.91 Å². The maximum Gasteiger partial charge on any atom is 0.225 e. The summed E-state index contributed by atoms with van der Waals surface area (Å²) in [5, 5.41) is 15.3. The van der Waals surface area contributed by atoms with Crippen LogP contribution in [0.5, 0.6) is 0 Å². The van der Waals surface area contributed by atoms with E-state index in [2.05, 4.69) is 5.32 Å². The number of hydrogen-bond acceptors (Lipinski definition) is 4. The average molecular weight is 343 g/mol. The van der Waals surface area contributed by atoms with Crippen LogP contribution in [0, 0.1) is 0 Å². The zero-order valence-corrected chi connectivity index (χ0v) is 14.1. The Labute approximate surface area is 143 Å². The number of aliphatic hydroxyl groups excluding tert-OH is 1. The molecular formula is C18H17NO2S2. The lowest BCUT2D eigenvalue weighted by Crippen LogP contribution is -2.23. The van der Waals surface area contributed by atoms with Gasteiger partial charge in [0.15, 0.2) is 0 Å². The third-order valence-corrected chi connectivity index (χ3v) is 5.46. The minimum Gasteiger partial charge on any atom is -0.383 e. The molecule has 0 aliphatic rings. The van der Waals surface area contributed by atoms with E-state index in [1.165, 1.54) is 11.3 Å².